The van der Waals surface area contributed by atoms with Gasteiger partial charge in [-0.3, -0.25) is 9.69 Å². The molecule has 1 fully saturated rings. The molecule has 0 unspecified atom stereocenters. The average molecular weight is 451 g/mol. The Morgan fingerprint density at radius 3 is 2.52 bits per heavy atom. The van der Waals surface area contributed by atoms with Crippen LogP contribution in [0, 0.1) is 11.6 Å². The molecular weight excluding hydrogens is 426 g/mol. The molecule has 2 aromatic carbocycles. The van der Waals surface area contributed by atoms with Crippen LogP contribution in [-0.4, -0.2) is 61.4 Å². The van der Waals surface area contributed by atoms with Crippen LogP contribution in [0.5, 0.6) is 0 Å². The van der Waals surface area contributed by atoms with Crippen molar-refractivity contribution in [2.24, 2.45) is 5.73 Å². The number of Topliss-reactive ketones (excluding diaryl/α,β-unsaturated/α-hetero) is 1. The van der Waals surface area contributed by atoms with Gasteiger partial charge in [0.1, 0.15) is 11.6 Å². The number of nitrogens with two attached hydrogens (primary N) is 1. The lowest BCUT2D eigenvalue weighted by atomic mass is 10.1. The van der Waals surface area contributed by atoms with E-state index < -0.39 is 11.6 Å². The van der Waals surface area contributed by atoms with Crippen LogP contribution < -0.4 is 10.6 Å². The van der Waals surface area contributed by atoms with Crippen molar-refractivity contribution in [3.8, 4) is 0 Å². The summed E-state index contributed by atoms with van der Waals surface area (Å²) in [5.41, 5.74) is 5.98. The van der Waals surface area contributed by atoms with Gasteiger partial charge in [-0.25, -0.2) is 13.6 Å². The number of carbonyl (C=O) groups is 2. The first-order valence-electron chi connectivity index (χ1n) is 9.91. The number of ketones is 1. The molecule has 2 aromatic rings. The minimum absolute atomic E-state index is 0.0482. The van der Waals surface area contributed by atoms with Gasteiger partial charge in [0, 0.05) is 30.3 Å². The molecule has 1 saturated heterocycles. The molecule has 2 N–H and O–H groups in total. The number of nitrogens with zero attached hydrogens (tertiary/aromatic N) is 3. The third kappa shape index (κ3) is 5.20. The molecule has 2 amide bonds. The molecule has 31 heavy (non-hydrogen) atoms. The number of urea groups is 1. The molecule has 1 aliphatic heterocycles. The maximum absolute atomic E-state index is 14.8. The Hall–Kier alpha value is -2.55. The summed E-state index contributed by atoms with van der Waals surface area (Å²) in [6, 6.07) is 7.61. The molecule has 6 nitrogen and oxygen atoms in total. The molecule has 0 saturated carbocycles. The van der Waals surface area contributed by atoms with Crippen molar-refractivity contribution in [3.05, 3.63) is 64.2 Å². The van der Waals surface area contributed by atoms with Crippen molar-refractivity contribution in [3.63, 3.8) is 0 Å². The molecule has 0 aliphatic carbocycles. The van der Waals surface area contributed by atoms with E-state index >= 15 is 0 Å². The molecule has 1 aliphatic rings. The van der Waals surface area contributed by atoms with E-state index in [0.29, 0.717) is 13.1 Å². The maximum atomic E-state index is 14.8. The zero-order valence-corrected chi connectivity index (χ0v) is 18.2. The van der Waals surface area contributed by atoms with Crippen LogP contribution in [0.2, 0.25) is 5.02 Å². The van der Waals surface area contributed by atoms with Gasteiger partial charge in [-0.15, -0.1) is 0 Å². The summed E-state index contributed by atoms with van der Waals surface area (Å²) in [5, 5.41) is 0.0482. The van der Waals surface area contributed by atoms with Crippen LogP contribution in [0.4, 0.5) is 19.3 Å². The lowest BCUT2D eigenvalue weighted by Gasteiger charge is -2.29. The quantitative estimate of drug-likeness (QED) is 0.684. The third-order valence-electron chi connectivity index (χ3n) is 5.48. The number of likely N-dealkylation sites (tertiary alicyclic amines) is 1. The Morgan fingerprint density at radius 2 is 1.94 bits per heavy atom. The number of halogens is 3. The van der Waals surface area contributed by atoms with Gasteiger partial charge >= 0.3 is 6.03 Å². The first-order chi connectivity index (χ1) is 14.7. The number of carbonyl (C=O) groups excluding carboxylic acids is 2. The predicted molar refractivity (Wildman–Crippen MR) is 116 cm³/mol. The minimum Gasteiger partial charge on any atom is -0.324 e. The van der Waals surface area contributed by atoms with Crippen LogP contribution in [0.3, 0.4) is 0 Å². The van der Waals surface area contributed by atoms with Gasteiger partial charge in [0.25, 0.3) is 0 Å². The van der Waals surface area contributed by atoms with E-state index in [1.54, 1.807) is 4.90 Å². The summed E-state index contributed by atoms with van der Waals surface area (Å²) in [5.74, 6) is -1.56. The van der Waals surface area contributed by atoms with Crippen molar-refractivity contribution < 1.29 is 18.4 Å². The van der Waals surface area contributed by atoms with E-state index in [1.165, 1.54) is 29.2 Å². The van der Waals surface area contributed by atoms with Crippen LogP contribution >= 0.6 is 11.6 Å². The molecular formula is C22H25ClF2N4O2. The lowest BCUT2D eigenvalue weighted by molar-refractivity contribution is 0.100. The molecule has 0 aromatic heterocycles. The monoisotopic (exact) mass is 450 g/mol. The highest BCUT2D eigenvalue weighted by molar-refractivity contribution is 6.33. The molecule has 1 atom stereocenters. The second-order valence-electron chi connectivity index (χ2n) is 7.75. The highest BCUT2D eigenvalue weighted by atomic mass is 35.5. The van der Waals surface area contributed by atoms with Crippen LogP contribution in [0.25, 0.3) is 0 Å². The van der Waals surface area contributed by atoms with Crippen molar-refractivity contribution in [1.82, 2.24) is 9.80 Å². The number of hydrogen-bond acceptors (Lipinski definition) is 4. The van der Waals surface area contributed by atoms with E-state index in [2.05, 4.69) is 4.90 Å². The Balaban J connectivity index is 1.93. The van der Waals surface area contributed by atoms with E-state index in [0.717, 1.165) is 18.6 Å². The average Bonchev–Trinajstić information content (AvgIpc) is 3.23. The first kappa shape index (κ1) is 23.1. The summed E-state index contributed by atoms with van der Waals surface area (Å²) in [6.45, 7) is 0.712. The maximum Gasteiger partial charge on any atom is 0.324 e. The van der Waals surface area contributed by atoms with E-state index in [-0.39, 0.29) is 52.8 Å². The van der Waals surface area contributed by atoms with Gasteiger partial charge in [-0.1, -0.05) is 23.7 Å². The highest BCUT2D eigenvalue weighted by Crippen LogP contribution is 2.30. The Bertz CT molecular complexity index is 986. The van der Waals surface area contributed by atoms with Crippen LogP contribution in [-0.2, 0) is 6.54 Å². The van der Waals surface area contributed by atoms with Gasteiger partial charge in [-0.05, 0) is 44.8 Å². The van der Waals surface area contributed by atoms with E-state index in [9.17, 15) is 18.4 Å². The number of benzene rings is 2. The number of anilines is 1. The molecule has 0 bridgehead atoms. The van der Waals surface area contributed by atoms with Crippen LogP contribution in [0.15, 0.2) is 36.4 Å². The van der Waals surface area contributed by atoms with E-state index in [1.807, 2.05) is 14.1 Å². The largest absolute Gasteiger partial charge is 0.324 e. The zero-order valence-electron chi connectivity index (χ0n) is 17.4. The smallest absolute Gasteiger partial charge is 0.324 e. The summed E-state index contributed by atoms with van der Waals surface area (Å²) >= 11 is 6.23. The summed E-state index contributed by atoms with van der Waals surface area (Å²) in [7, 11) is 3.90. The van der Waals surface area contributed by atoms with Gasteiger partial charge in [0.15, 0.2) is 5.78 Å². The lowest BCUT2D eigenvalue weighted by Crippen LogP contribution is -2.43. The fourth-order valence-corrected chi connectivity index (χ4v) is 3.87. The standard InChI is InChI=1S/C22H25ClF2N4O2/c1-27(2)17-7-8-28(13-17)22(31)29(20-6-5-16(24)10-18(20)23)12-15-4-3-14(9-19(15)25)21(30)11-26/h3-6,9-10,17H,7-8,11-13,26H2,1-2H3/t17-/m1/s1. The van der Waals surface area contributed by atoms with Gasteiger partial charge in [0.2, 0.25) is 0 Å². The topological polar surface area (TPSA) is 69.9 Å². The zero-order chi connectivity index (χ0) is 22.7. The number of rotatable bonds is 6. The summed E-state index contributed by atoms with van der Waals surface area (Å²) < 4.78 is 28.3. The van der Waals surface area contributed by atoms with Gasteiger partial charge in [-0.2, -0.15) is 0 Å². The highest BCUT2D eigenvalue weighted by Gasteiger charge is 2.32. The predicted octanol–water partition coefficient (Wildman–Crippen LogP) is 3.52. The fourth-order valence-electron chi connectivity index (χ4n) is 3.60. The number of amides is 2. The third-order valence-corrected chi connectivity index (χ3v) is 5.79. The summed E-state index contributed by atoms with van der Waals surface area (Å²) in [6.07, 6.45) is 0.813. The SMILES string of the molecule is CN(C)[C@@H]1CCN(C(=O)N(Cc2ccc(C(=O)CN)cc2F)c2ccc(F)cc2Cl)C1. The van der Waals surface area contributed by atoms with E-state index in [4.69, 9.17) is 17.3 Å². The van der Waals surface area contributed by atoms with Gasteiger partial charge < -0.3 is 15.5 Å². The molecule has 0 spiro atoms. The Morgan fingerprint density at radius 1 is 1.19 bits per heavy atom. The van der Waals surface area contributed by atoms with Gasteiger partial charge in [0.05, 0.1) is 23.8 Å². The molecule has 3 rings (SSSR count). The summed E-state index contributed by atoms with van der Waals surface area (Å²) in [4.78, 5) is 30.2. The van der Waals surface area contributed by atoms with Crippen molar-refractivity contribution in [2.45, 2.75) is 19.0 Å². The Kier molecular flexibility index (Phi) is 7.25. The first-order valence-corrected chi connectivity index (χ1v) is 10.3. The van der Waals surface area contributed by atoms with Crippen molar-refractivity contribution >= 4 is 29.1 Å². The normalized spacial score (nSPS) is 16.1. The molecule has 1 heterocycles. The second-order valence-corrected chi connectivity index (χ2v) is 8.16. The molecule has 9 heteroatoms. The molecule has 0 radical (unpaired) electrons. The Labute approximate surface area is 185 Å². The van der Waals surface area contributed by atoms with Crippen LogP contribution in [0.1, 0.15) is 22.3 Å². The number of hydrogen-bond donors (Lipinski definition) is 1. The minimum atomic E-state index is -0.636. The fraction of sp³-hybridized carbons (Fsp3) is 0.364. The molecule has 166 valence electrons. The van der Waals surface area contributed by atoms with Crippen molar-refractivity contribution in [2.75, 3.05) is 38.6 Å². The number of likely N-dealkylation sites (N-methyl/N-ethyl adjacent to an activating group) is 1. The van der Waals surface area contributed by atoms with Crippen molar-refractivity contribution in [1.29, 1.82) is 0 Å². The second kappa shape index (κ2) is 9.72.